The van der Waals surface area contributed by atoms with E-state index in [9.17, 15) is 13.2 Å². The van der Waals surface area contributed by atoms with Gasteiger partial charge in [0.1, 0.15) is 19.3 Å². The maximum absolute atomic E-state index is 13.0. The molecule has 0 bridgehead atoms. The molecule has 0 aliphatic carbocycles. The van der Waals surface area contributed by atoms with Gasteiger partial charge in [0.25, 0.3) is 0 Å². The van der Waals surface area contributed by atoms with Gasteiger partial charge in [0, 0.05) is 25.5 Å². The van der Waals surface area contributed by atoms with Gasteiger partial charge in [-0.05, 0) is 12.1 Å². The predicted octanol–water partition coefficient (Wildman–Crippen LogP) is 0.284. The van der Waals surface area contributed by atoms with E-state index in [0.29, 0.717) is 43.6 Å². The number of benzene rings is 1. The number of thioether (sulfide) groups is 1. The van der Waals surface area contributed by atoms with Gasteiger partial charge in [-0.2, -0.15) is 4.31 Å². The number of fused-ring (bicyclic) bond motifs is 1. The SMILES string of the molecule is COCCNC(=O)[C@@H]1CSCN1S(=O)(=O)c1ccc2c(c1)OCCO2. The van der Waals surface area contributed by atoms with Crippen LogP contribution in [0, 0.1) is 0 Å². The standard InChI is InChI=1S/C15H20N2O6S2/c1-21-5-4-16-15(18)12-9-24-10-17(12)25(19,20)11-2-3-13-14(8-11)23-7-6-22-13/h2-3,8,12H,4-7,9-10H2,1H3,(H,16,18)/t12-/m0/s1. The first-order valence-corrected chi connectivity index (χ1v) is 10.4. The van der Waals surface area contributed by atoms with Crippen molar-refractivity contribution in [3.8, 4) is 11.5 Å². The number of sulfonamides is 1. The summed E-state index contributed by atoms with van der Waals surface area (Å²) in [5, 5.41) is 2.70. The molecule has 3 rings (SSSR count). The second-order valence-corrected chi connectivity index (χ2v) is 8.39. The summed E-state index contributed by atoms with van der Waals surface area (Å²) in [4.78, 5) is 12.4. The van der Waals surface area contributed by atoms with Crippen LogP contribution in [0.2, 0.25) is 0 Å². The Morgan fingerprint density at radius 1 is 1.36 bits per heavy atom. The number of hydrogen-bond donors (Lipinski definition) is 1. The van der Waals surface area contributed by atoms with Crippen molar-refractivity contribution in [1.29, 1.82) is 0 Å². The van der Waals surface area contributed by atoms with Crippen LogP contribution in [0.25, 0.3) is 0 Å². The summed E-state index contributed by atoms with van der Waals surface area (Å²) >= 11 is 1.41. The highest BCUT2D eigenvalue weighted by atomic mass is 32.2. The molecule has 2 heterocycles. The molecule has 25 heavy (non-hydrogen) atoms. The van der Waals surface area contributed by atoms with Crippen molar-refractivity contribution in [3.63, 3.8) is 0 Å². The second kappa shape index (κ2) is 7.81. The number of methoxy groups -OCH3 is 1. The molecule has 1 aromatic carbocycles. The molecule has 1 N–H and O–H groups in total. The van der Waals surface area contributed by atoms with E-state index in [0.717, 1.165) is 0 Å². The predicted molar refractivity (Wildman–Crippen MR) is 92.5 cm³/mol. The van der Waals surface area contributed by atoms with E-state index in [2.05, 4.69) is 5.32 Å². The maximum atomic E-state index is 13.0. The third-order valence-electron chi connectivity index (χ3n) is 3.87. The van der Waals surface area contributed by atoms with Crippen molar-refractivity contribution < 1.29 is 27.4 Å². The molecule has 0 aromatic heterocycles. The Morgan fingerprint density at radius 3 is 2.88 bits per heavy atom. The van der Waals surface area contributed by atoms with E-state index in [1.165, 1.54) is 35.3 Å². The quantitative estimate of drug-likeness (QED) is 0.700. The van der Waals surface area contributed by atoms with E-state index in [1.54, 1.807) is 6.07 Å². The zero-order chi connectivity index (χ0) is 17.9. The first-order chi connectivity index (χ1) is 12.0. The fourth-order valence-electron chi connectivity index (χ4n) is 2.58. The molecule has 2 aliphatic heterocycles. The topological polar surface area (TPSA) is 94.2 Å². The van der Waals surface area contributed by atoms with Gasteiger partial charge < -0.3 is 19.5 Å². The van der Waals surface area contributed by atoms with E-state index in [1.807, 2.05) is 0 Å². The summed E-state index contributed by atoms with van der Waals surface area (Å²) < 4.78 is 42.9. The summed E-state index contributed by atoms with van der Waals surface area (Å²) in [5.74, 6) is 1.26. The minimum absolute atomic E-state index is 0.0916. The first-order valence-electron chi connectivity index (χ1n) is 7.80. The van der Waals surface area contributed by atoms with Gasteiger partial charge >= 0.3 is 0 Å². The van der Waals surface area contributed by atoms with E-state index < -0.39 is 16.1 Å². The summed E-state index contributed by atoms with van der Waals surface area (Å²) in [7, 11) is -2.27. The minimum atomic E-state index is -3.81. The number of ether oxygens (including phenoxy) is 3. The van der Waals surface area contributed by atoms with Gasteiger partial charge in [0.2, 0.25) is 15.9 Å². The van der Waals surface area contributed by atoms with Gasteiger partial charge in [0.05, 0.1) is 17.4 Å². The number of carbonyl (C=O) groups excluding carboxylic acids is 1. The van der Waals surface area contributed by atoms with Gasteiger partial charge in [0.15, 0.2) is 11.5 Å². The van der Waals surface area contributed by atoms with Crippen LogP contribution in [-0.2, 0) is 19.6 Å². The summed E-state index contributed by atoms with van der Waals surface area (Å²) in [6.45, 7) is 1.53. The summed E-state index contributed by atoms with van der Waals surface area (Å²) in [6, 6.07) is 3.77. The van der Waals surface area contributed by atoms with Crippen molar-refractivity contribution in [2.75, 3.05) is 45.1 Å². The van der Waals surface area contributed by atoms with Crippen LogP contribution >= 0.6 is 11.8 Å². The van der Waals surface area contributed by atoms with Crippen LogP contribution in [-0.4, -0.2) is 69.8 Å². The van der Waals surface area contributed by atoms with Crippen LogP contribution < -0.4 is 14.8 Å². The van der Waals surface area contributed by atoms with Crippen molar-refractivity contribution in [2.24, 2.45) is 0 Å². The monoisotopic (exact) mass is 388 g/mol. The van der Waals surface area contributed by atoms with Gasteiger partial charge in [-0.15, -0.1) is 11.8 Å². The Morgan fingerprint density at radius 2 is 2.12 bits per heavy atom. The molecule has 2 aliphatic rings. The Bertz CT molecular complexity index is 740. The van der Waals surface area contributed by atoms with Crippen molar-refractivity contribution in [3.05, 3.63) is 18.2 Å². The van der Waals surface area contributed by atoms with Crippen LogP contribution in [0.1, 0.15) is 0 Å². The van der Waals surface area contributed by atoms with Crippen molar-refractivity contribution in [1.82, 2.24) is 9.62 Å². The lowest BCUT2D eigenvalue weighted by atomic mass is 10.3. The molecular weight excluding hydrogens is 368 g/mol. The van der Waals surface area contributed by atoms with Crippen molar-refractivity contribution in [2.45, 2.75) is 10.9 Å². The molecule has 1 amide bonds. The second-order valence-electron chi connectivity index (χ2n) is 5.50. The maximum Gasteiger partial charge on any atom is 0.244 e. The molecule has 0 radical (unpaired) electrons. The summed E-state index contributed by atoms with van der Waals surface area (Å²) in [6.07, 6.45) is 0. The molecule has 8 nitrogen and oxygen atoms in total. The molecule has 1 aromatic rings. The minimum Gasteiger partial charge on any atom is -0.486 e. The molecule has 10 heteroatoms. The highest BCUT2D eigenvalue weighted by molar-refractivity contribution is 8.00. The van der Waals surface area contributed by atoms with Crippen LogP contribution in [0.15, 0.2) is 23.1 Å². The number of carbonyl (C=O) groups is 1. The Hall–Kier alpha value is -1.49. The van der Waals surface area contributed by atoms with Gasteiger partial charge in [-0.3, -0.25) is 4.79 Å². The highest BCUT2D eigenvalue weighted by Crippen LogP contribution is 2.35. The van der Waals surface area contributed by atoms with E-state index in [4.69, 9.17) is 14.2 Å². The Kier molecular flexibility index (Phi) is 5.72. The molecule has 1 fully saturated rings. The third kappa shape index (κ3) is 3.86. The number of nitrogens with one attached hydrogen (secondary N) is 1. The van der Waals surface area contributed by atoms with Gasteiger partial charge in [-0.25, -0.2) is 8.42 Å². The smallest absolute Gasteiger partial charge is 0.244 e. The number of nitrogens with zero attached hydrogens (tertiary/aromatic N) is 1. The van der Waals surface area contributed by atoms with E-state index >= 15 is 0 Å². The number of rotatable bonds is 6. The first kappa shape index (κ1) is 18.3. The Labute approximate surface area is 150 Å². The molecule has 1 atom stereocenters. The highest BCUT2D eigenvalue weighted by Gasteiger charge is 2.40. The molecule has 0 saturated carbocycles. The lowest BCUT2D eigenvalue weighted by Crippen LogP contribution is -2.47. The zero-order valence-corrected chi connectivity index (χ0v) is 15.4. The lowest BCUT2D eigenvalue weighted by molar-refractivity contribution is -0.124. The zero-order valence-electron chi connectivity index (χ0n) is 13.8. The normalized spacial score (nSPS) is 20.4. The number of hydrogen-bond acceptors (Lipinski definition) is 7. The average molecular weight is 388 g/mol. The van der Waals surface area contributed by atoms with Crippen molar-refractivity contribution >= 4 is 27.7 Å². The molecular formula is C15H20N2O6S2. The molecule has 138 valence electrons. The average Bonchev–Trinajstić information content (AvgIpc) is 3.12. The summed E-state index contributed by atoms with van der Waals surface area (Å²) in [5.41, 5.74) is 0. The van der Waals surface area contributed by atoms with Crippen LogP contribution in [0.4, 0.5) is 0 Å². The molecule has 0 unspecified atom stereocenters. The fraction of sp³-hybridized carbons (Fsp3) is 0.533. The van der Waals surface area contributed by atoms with Crippen LogP contribution in [0.3, 0.4) is 0 Å². The van der Waals surface area contributed by atoms with Crippen LogP contribution in [0.5, 0.6) is 11.5 Å². The molecule has 0 spiro atoms. The number of amides is 1. The third-order valence-corrected chi connectivity index (χ3v) is 6.90. The van der Waals surface area contributed by atoms with Gasteiger partial charge in [-0.1, -0.05) is 0 Å². The van der Waals surface area contributed by atoms with E-state index in [-0.39, 0.29) is 16.7 Å². The molecule has 1 saturated heterocycles. The fourth-order valence-corrected chi connectivity index (χ4v) is 5.75. The largest absolute Gasteiger partial charge is 0.486 e. The Balaban J connectivity index is 1.80. The lowest BCUT2D eigenvalue weighted by Gasteiger charge is -2.24.